The summed E-state index contributed by atoms with van der Waals surface area (Å²) in [5, 5.41) is 2.84. The fourth-order valence-corrected chi connectivity index (χ4v) is 3.89. The second-order valence-corrected chi connectivity index (χ2v) is 7.32. The van der Waals surface area contributed by atoms with Gasteiger partial charge in [-0.25, -0.2) is 9.18 Å². The smallest absolute Gasteiger partial charge is 0.325 e. The Hall–Kier alpha value is -2.44. The topological polar surface area (TPSA) is 69.7 Å². The van der Waals surface area contributed by atoms with Gasteiger partial charge in [0.25, 0.3) is 5.91 Å². The molecule has 1 N–H and O–H groups in total. The number of likely N-dealkylation sites (N-methyl/N-ethyl adjacent to an activating group) is 1. The highest BCUT2D eigenvalue weighted by molar-refractivity contribution is 6.09. The lowest BCUT2D eigenvalue weighted by molar-refractivity contribution is -0.140. The van der Waals surface area contributed by atoms with Crippen molar-refractivity contribution in [2.45, 2.75) is 44.7 Å². The Bertz CT molecular complexity index is 738. The third-order valence-electron chi connectivity index (χ3n) is 5.53. The molecule has 2 atom stereocenters. The second kappa shape index (κ2) is 7.05. The Balaban J connectivity index is 1.67. The largest absolute Gasteiger partial charge is 0.340 e. The fraction of sp³-hybridized carbons (Fsp3) is 0.526. The summed E-state index contributed by atoms with van der Waals surface area (Å²) < 4.78 is 13.3. The molecule has 1 aromatic carbocycles. The Morgan fingerprint density at radius 3 is 2.85 bits per heavy atom. The maximum Gasteiger partial charge on any atom is 0.325 e. The van der Waals surface area contributed by atoms with Crippen molar-refractivity contribution >= 4 is 17.8 Å². The summed E-state index contributed by atoms with van der Waals surface area (Å²) in [7, 11) is 1.57. The zero-order valence-corrected chi connectivity index (χ0v) is 15.1. The van der Waals surface area contributed by atoms with Crippen molar-refractivity contribution in [2.75, 3.05) is 13.6 Å². The van der Waals surface area contributed by atoms with Crippen molar-refractivity contribution in [1.29, 1.82) is 0 Å². The first-order valence-corrected chi connectivity index (χ1v) is 8.96. The first-order valence-electron chi connectivity index (χ1n) is 8.96. The number of urea groups is 1. The Morgan fingerprint density at radius 1 is 1.38 bits per heavy atom. The molecule has 2 fully saturated rings. The molecule has 6 nitrogen and oxygen atoms in total. The van der Waals surface area contributed by atoms with Gasteiger partial charge in [-0.3, -0.25) is 14.5 Å². The molecule has 1 saturated heterocycles. The van der Waals surface area contributed by atoms with Crippen LogP contribution >= 0.6 is 0 Å². The van der Waals surface area contributed by atoms with Crippen LogP contribution in [0.3, 0.4) is 0 Å². The van der Waals surface area contributed by atoms with Crippen LogP contribution in [0.1, 0.15) is 38.2 Å². The van der Waals surface area contributed by atoms with Gasteiger partial charge in [0, 0.05) is 13.6 Å². The molecule has 0 aromatic heterocycles. The normalized spacial score (nSPS) is 25.5. The van der Waals surface area contributed by atoms with E-state index in [9.17, 15) is 18.8 Å². The number of hydrogen-bond donors (Lipinski definition) is 1. The van der Waals surface area contributed by atoms with Crippen LogP contribution in [0.5, 0.6) is 0 Å². The van der Waals surface area contributed by atoms with E-state index in [1.165, 1.54) is 17.0 Å². The van der Waals surface area contributed by atoms with Crippen molar-refractivity contribution in [1.82, 2.24) is 15.1 Å². The second-order valence-electron chi connectivity index (χ2n) is 7.32. The summed E-state index contributed by atoms with van der Waals surface area (Å²) in [5.74, 6) is -0.982. The van der Waals surface area contributed by atoms with Crippen molar-refractivity contribution in [3.8, 4) is 0 Å². The highest BCUT2D eigenvalue weighted by atomic mass is 19.1. The van der Waals surface area contributed by atoms with Gasteiger partial charge in [-0.2, -0.15) is 0 Å². The molecule has 1 spiro atoms. The third-order valence-corrected chi connectivity index (χ3v) is 5.53. The molecule has 7 heteroatoms. The number of amides is 4. The van der Waals surface area contributed by atoms with Crippen LogP contribution in [-0.4, -0.2) is 46.8 Å². The number of nitrogens with one attached hydrogen (secondary N) is 1. The van der Waals surface area contributed by atoms with Gasteiger partial charge in [-0.05, 0) is 36.5 Å². The molecule has 1 aliphatic heterocycles. The van der Waals surface area contributed by atoms with Gasteiger partial charge in [0.15, 0.2) is 0 Å². The van der Waals surface area contributed by atoms with Gasteiger partial charge < -0.3 is 10.2 Å². The number of hydrogen-bond acceptors (Lipinski definition) is 3. The Morgan fingerprint density at radius 2 is 2.15 bits per heavy atom. The van der Waals surface area contributed by atoms with Crippen LogP contribution in [0.2, 0.25) is 0 Å². The number of rotatable bonds is 4. The van der Waals surface area contributed by atoms with E-state index in [0.29, 0.717) is 12.0 Å². The fourth-order valence-electron chi connectivity index (χ4n) is 3.89. The van der Waals surface area contributed by atoms with Gasteiger partial charge in [0.1, 0.15) is 17.9 Å². The third kappa shape index (κ3) is 3.30. The zero-order chi connectivity index (χ0) is 18.9. The van der Waals surface area contributed by atoms with Gasteiger partial charge in [-0.15, -0.1) is 0 Å². The molecule has 1 aliphatic carbocycles. The summed E-state index contributed by atoms with van der Waals surface area (Å²) in [6.45, 7) is 1.88. The molecule has 4 amide bonds. The molecule has 1 heterocycles. The van der Waals surface area contributed by atoms with Crippen LogP contribution in [0.15, 0.2) is 24.3 Å². The van der Waals surface area contributed by atoms with Crippen LogP contribution in [0.25, 0.3) is 0 Å². The molecular weight excluding hydrogens is 337 g/mol. The highest BCUT2D eigenvalue weighted by Gasteiger charge is 2.55. The van der Waals surface area contributed by atoms with Crippen LogP contribution < -0.4 is 5.32 Å². The Labute approximate surface area is 152 Å². The molecule has 3 rings (SSSR count). The van der Waals surface area contributed by atoms with E-state index in [1.54, 1.807) is 19.2 Å². The van der Waals surface area contributed by atoms with E-state index >= 15 is 0 Å². The summed E-state index contributed by atoms with van der Waals surface area (Å²) in [4.78, 5) is 40.1. The quantitative estimate of drug-likeness (QED) is 0.837. The lowest BCUT2D eigenvalue weighted by Gasteiger charge is -2.36. The van der Waals surface area contributed by atoms with E-state index in [1.807, 2.05) is 6.92 Å². The van der Waals surface area contributed by atoms with Gasteiger partial charge >= 0.3 is 6.03 Å². The molecule has 1 saturated carbocycles. The minimum Gasteiger partial charge on any atom is -0.340 e. The average molecular weight is 361 g/mol. The van der Waals surface area contributed by atoms with Crippen molar-refractivity contribution < 1.29 is 18.8 Å². The number of halogens is 1. The summed E-state index contributed by atoms with van der Waals surface area (Å²) >= 11 is 0. The van der Waals surface area contributed by atoms with E-state index in [0.717, 1.165) is 24.2 Å². The maximum absolute atomic E-state index is 13.3. The standard InChI is InChI=1S/C19H24FN3O3/c1-13-6-3-4-9-19(13)17(25)23(18(26)21-19)12-16(24)22(2)11-14-7-5-8-15(20)10-14/h5,7-8,10,13H,3-4,6,9,11-12H2,1-2H3,(H,21,26)/t13-,19+/m1/s1. The summed E-state index contributed by atoms with van der Waals surface area (Å²) in [6.07, 6.45) is 3.43. The number of benzene rings is 1. The molecule has 1 aromatic rings. The van der Waals surface area contributed by atoms with Gasteiger partial charge in [-0.1, -0.05) is 31.9 Å². The monoisotopic (exact) mass is 361 g/mol. The minimum absolute atomic E-state index is 0.0535. The predicted octanol–water partition coefficient (Wildman–Crippen LogP) is 2.28. The molecule has 0 bridgehead atoms. The number of carbonyl (C=O) groups is 3. The number of imide groups is 1. The van der Waals surface area contributed by atoms with Crippen molar-refractivity contribution in [3.05, 3.63) is 35.6 Å². The Kier molecular flexibility index (Phi) is 4.98. The van der Waals surface area contributed by atoms with Crippen LogP contribution in [0, 0.1) is 11.7 Å². The van der Waals surface area contributed by atoms with E-state index < -0.39 is 11.6 Å². The average Bonchev–Trinajstić information content (AvgIpc) is 2.82. The van der Waals surface area contributed by atoms with Crippen molar-refractivity contribution in [3.63, 3.8) is 0 Å². The predicted molar refractivity (Wildman–Crippen MR) is 93.5 cm³/mol. The SMILES string of the molecule is C[C@@H]1CCCC[C@]12NC(=O)N(CC(=O)N(C)Cc1cccc(F)c1)C2=O. The molecule has 2 aliphatic rings. The van der Waals surface area contributed by atoms with Crippen LogP contribution in [-0.2, 0) is 16.1 Å². The van der Waals surface area contributed by atoms with E-state index in [-0.39, 0.29) is 36.6 Å². The lowest BCUT2D eigenvalue weighted by atomic mass is 9.73. The molecule has 26 heavy (non-hydrogen) atoms. The van der Waals surface area contributed by atoms with E-state index in [2.05, 4.69) is 5.32 Å². The van der Waals surface area contributed by atoms with Crippen molar-refractivity contribution in [2.24, 2.45) is 5.92 Å². The summed E-state index contributed by atoms with van der Waals surface area (Å²) in [5.41, 5.74) is -0.216. The highest BCUT2D eigenvalue weighted by Crippen LogP contribution is 2.38. The van der Waals surface area contributed by atoms with Gasteiger partial charge in [0.2, 0.25) is 5.91 Å². The number of nitrogens with zero attached hydrogens (tertiary/aromatic N) is 2. The number of carbonyl (C=O) groups excluding carboxylic acids is 3. The lowest BCUT2D eigenvalue weighted by Crippen LogP contribution is -2.54. The minimum atomic E-state index is -0.864. The first-order chi connectivity index (χ1) is 12.3. The molecule has 140 valence electrons. The maximum atomic E-state index is 13.3. The summed E-state index contributed by atoms with van der Waals surface area (Å²) in [6, 6.07) is 5.49. The first kappa shape index (κ1) is 18.4. The van der Waals surface area contributed by atoms with Gasteiger partial charge in [0.05, 0.1) is 0 Å². The van der Waals surface area contributed by atoms with Crippen LogP contribution in [0.4, 0.5) is 9.18 Å². The molecule has 0 radical (unpaired) electrons. The zero-order valence-electron chi connectivity index (χ0n) is 15.1. The molecule has 0 unspecified atom stereocenters. The van der Waals surface area contributed by atoms with E-state index in [4.69, 9.17) is 0 Å². The molecular formula is C19H24FN3O3.